The van der Waals surface area contributed by atoms with Crippen LogP contribution in [-0.4, -0.2) is 22.4 Å². The molecule has 1 rings (SSSR count). The Bertz CT molecular complexity index is 187. The lowest BCUT2D eigenvalue weighted by Gasteiger charge is -2.42. The fraction of sp³-hybridized carbons (Fsp3) is 1.00. The fourth-order valence-electron chi connectivity index (χ4n) is 1.51. The van der Waals surface area contributed by atoms with Gasteiger partial charge in [0.05, 0.1) is 8.07 Å². The first-order chi connectivity index (χ1) is 4.88. The maximum absolute atomic E-state index is 11.7. The predicted octanol–water partition coefficient (Wildman–Crippen LogP) is 2.17. The topological polar surface area (TPSA) is 17.1 Å². The molecule has 1 aliphatic heterocycles. The summed E-state index contributed by atoms with van der Waals surface area (Å²) in [5.74, 6) is 0.934. The predicted molar refractivity (Wildman–Crippen MR) is 54.0 cm³/mol. The third-order valence-corrected chi connectivity index (χ3v) is 12.3. The van der Waals surface area contributed by atoms with Gasteiger partial charge in [-0.2, -0.15) is 0 Å². The van der Waals surface area contributed by atoms with Crippen LogP contribution in [0, 0.1) is 0 Å². The van der Waals surface area contributed by atoms with Crippen molar-refractivity contribution in [1.82, 2.24) is 0 Å². The van der Waals surface area contributed by atoms with Gasteiger partial charge in [0.1, 0.15) is 0 Å². The van der Waals surface area contributed by atoms with Gasteiger partial charge in [0.2, 0.25) is 0 Å². The van der Waals surface area contributed by atoms with Gasteiger partial charge < -0.3 is 0 Å². The summed E-state index contributed by atoms with van der Waals surface area (Å²) in [6, 6.07) is 1.35. The largest absolute Gasteiger partial charge is 0.259 e. The number of rotatable bonds is 0. The molecule has 1 unspecified atom stereocenters. The molecule has 1 saturated heterocycles. The molecule has 0 saturated carbocycles. The molecule has 1 nitrogen and oxygen atoms in total. The molecule has 3 heteroatoms. The zero-order chi connectivity index (χ0) is 8.70. The lowest BCUT2D eigenvalue weighted by atomic mass is 10.5. The summed E-state index contributed by atoms with van der Waals surface area (Å²) in [5, 5.41) is 0. The van der Waals surface area contributed by atoms with E-state index in [2.05, 4.69) is 26.9 Å². The lowest BCUT2D eigenvalue weighted by molar-refractivity contribution is 0.660. The molecule has 1 heterocycles. The Hall–Kier alpha value is 0.367. The maximum atomic E-state index is 11.7. The summed E-state index contributed by atoms with van der Waals surface area (Å²) in [5.41, 5.74) is 0. The minimum Gasteiger partial charge on any atom is -0.259 e. The Labute approximate surface area is 73.0 Å². The monoisotopic (exact) mass is 190 g/mol. The van der Waals surface area contributed by atoms with Crippen LogP contribution in [0.5, 0.6) is 0 Å². The summed E-state index contributed by atoms with van der Waals surface area (Å²) in [6.07, 6.45) is 1.19. The van der Waals surface area contributed by atoms with Crippen molar-refractivity contribution in [2.45, 2.75) is 43.8 Å². The second kappa shape index (κ2) is 2.70. The minimum absolute atomic E-state index is 0.144. The first-order valence-electron chi connectivity index (χ1n) is 4.26. The van der Waals surface area contributed by atoms with Crippen molar-refractivity contribution in [1.29, 1.82) is 0 Å². The highest BCUT2D eigenvalue weighted by atomic mass is 32.2. The average molecular weight is 190 g/mol. The second-order valence-electron chi connectivity index (χ2n) is 4.55. The molecule has 0 bridgehead atoms. The van der Waals surface area contributed by atoms with E-state index in [0.717, 1.165) is 5.75 Å². The smallest absolute Gasteiger partial charge is 0.0682 e. The van der Waals surface area contributed by atoms with E-state index < -0.39 is 18.9 Å². The van der Waals surface area contributed by atoms with E-state index in [-0.39, 0.29) is 4.37 Å². The van der Waals surface area contributed by atoms with E-state index in [9.17, 15) is 4.21 Å². The molecular formula is C8H18OSSi. The molecule has 66 valence electrons. The Morgan fingerprint density at radius 1 is 1.36 bits per heavy atom. The molecule has 0 N–H and O–H groups in total. The molecule has 0 spiro atoms. The van der Waals surface area contributed by atoms with Crippen LogP contribution in [0.25, 0.3) is 0 Å². The van der Waals surface area contributed by atoms with Gasteiger partial charge in [0.25, 0.3) is 0 Å². The van der Waals surface area contributed by atoms with Crippen LogP contribution in [0.15, 0.2) is 0 Å². The quantitative estimate of drug-likeness (QED) is 0.535. The number of hydrogen-bond donors (Lipinski definition) is 0. The summed E-state index contributed by atoms with van der Waals surface area (Å²) < 4.78 is 11.8. The van der Waals surface area contributed by atoms with Crippen LogP contribution >= 0.6 is 0 Å². The van der Waals surface area contributed by atoms with Crippen LogP contribution in [0.2, 0.25) is 19.1 Å². The van der Waals surface area contributed by atoms with E-state index in [0.29, 0.717) is 0 Å². The molecule has 1 aliphatic rings. The van der Waals surface area contributed by atoms with Crippen LogP contribution in [0.4, 0.5) is 0 Å². The normalized spacial score (nSPS) is 35.1. The van der Waals surface area contributed by atoms with E-state index in [1.165, 1.54) is 12.5 Å². The van der Waals surface area contributed by atoms with E-state index in [1.807, 2.05) is 0 Å². The van der Waals surface area contributed by atoms with Gasteiger partial charge in [-0.25, -0.2) is 0 Å². The number of hydrogen-bond acceptors (Lipinski definition) is 1. The van der Waals surface area contributed by atoms with Gasteiger partial charge in [-0.1, -0.05) is 33.0 Å². The van der Waals surface area contributed by atoms with Crippen LogP contribution in [0.3, 0.4) is 0 Å². The molecular weight excluding hydrogens is 172 g/mol. The molecule has 0 radical (unpaired) electrons. The first kappa shape index (κ1) is 9.45. The van der Waals surface area contributed by atoms with Gasteiger partial charge in [0, 0.05) is 20.9 Å². The SMILES string of the molecule is CC1(C)S(=O)CCC[Si]1(C)C. The summed E-state index contributed by atoms with van der Waals surface area (Å²) in [6.45, 7) is 9.11. The van der Waals surface area contributed by atoms with Crippen molar-refractivity contribution in [2.75, 3.05) is 5.75 Å². The van der Waals surface area contributed by atoms with Crippen molar-refractivity contribution in [3.05, 3.63) is 0 Å². The molecule has 1 fully saturated rings. The zero-order valence-electron chi connectivity index (χ0n) is 7.94. The van der Waals surface area contributed by atoms with Gasteiger partial charge in [-0.05, 0) is 6.42 Å². The highest BCUT2D eigenvalue weighted by molar-refractivity contribution is 7.88. The van der Waals surface area contributed by atoms with E-state index in [4.69, 9.17) is 0 Å². The van der Waals surface area contributed by atoms with Crippen molar-refractivity contribution in [3.8, 4) is 0 Å². The molecule has 0 aliphatic carbocycles. The van der Waals surface area contributed by atoms with E-state index in [1.54, 1.807) is 0 Å². The van der Waals surface area contributed by atoms with Gasteiger partial charge in [-0.3, -0.25) is 4.21 Å². The molecule has 1 atom stereocenters. The Morgan fingerprint density at radius 2 is 1.91 bits per heavy atom. The van der Waals surface area contributed by atoms with Crippen molar-refractivity contribution >= 4 is 18.9 Å². The molecule has 0 aromatic carbocycles. The maximum Gasteiger partial charge on any atom is 0.0682 e. The minimum atomic E-state index is -1.18. The van der Waals surface area contributed by atoms with Gasteiger partial charge in [0.15, 0.2) is 0 Å². The van der Waals surface area contributed by atoms with Crippen LogP contribution < -0.4 is 0 Å². The average Bonchev–Trinajstić information content (AvgIpc) is 1.84. The fourth-order valence-corrected chi connectivity index (χ4v) is 7.42. The van der Waals surface area contributed by atoms with E-state index >= 15 is 0 Å². The second-order valence-corrected chi connectivity index (χ2v) is 12.5. The Morgan fingerprint density at radius 3 is 2.27 bits per heavy atom. The highest BCUT2D eigenvalue weighted by Crippen LogP contribution is 2.35. The molecule has 0 aromatic rings. The third-order valence-electron chi connectivity index (χ3n) is 3.33. The van der Waals surface area contributed by atoms with Gasteiger partial charge in [-0.15, -0.1) is 0 Å². The Balaban J connectivity index is 2.91. The van der Waals surface area contributed by atoms with Crippen molar-refractivity contribution < 1.29 is 4.21 Å². The van der Waals surface area contributed by atoms with Gasteiger partial charge >= 0.3 is 0 Å². The lowest BCUT2D eigenvalue weighted by Crippen LogP contribution is -2.56. The van der Waals surface area contributed by atoms with Crippen molar-refractivity contribution in [3.63, 3.8) is 0 Å². The summed E-state index contributed by atoms with van der Waals surface area (Å²) in [4.78, 5) is 0. The first-order valence-corrected chi connectivity index (χ1v) is 8.79. The summed E-state index contributed by atoms with van der Waals surface area (Å²) >= 11 is 0. The highest BCUT2D eigenvalue weighted by Gasteiger charge is 2.45. The third kappa shape index (κ3) is 1.45. The molecule has 11 heavy (non-hydrogen) atoms. The molecule has 0 aromatic heterocycles. The standard InChI is InChI=1S/C8H18OSSi/c1-8(2)10(9)6-5-7-11(8,3)4/h5-7H2,1-4H3. The van der Waals surface area contributed by atoms with Crippen LogP contribution in [-0.2, 0) is 10.8 Å². The zero-order valence-corrected chi connectivity index (χ0v) is 9.75. The molecule has 0 amide bonds. The van der Waals surface area contributed by atoms with Crippen LogP contribution in [0.1, 0.15) is 20.3 Å². The Kier molecular flexibility index (Phi) is 2.32. The summed E-state index contributed by atoms with van der Waals surface area (Å²) in [7, 11) is -1.74. The van der Waals surface area contributed by atoms with Crippen molar-refractivity contribution in [2.24, 2.45) is 0 Å².